The predicted molar refractivity (Wildman–Crippen MR) is 244 cm³/mol. The molecule has 6 N–H and O–H groups in total. The van der Waals surface area contributed by atoms with E-state index in [1.165, 1.54) is 57.8 Å². The highest BCUT2D eigenvalue weighted by molar-refractivity contribution is 5.76. The highest BCUT2D eigenvalue weighted by atomic mass is 16.7. The molecule has 9 nitrogen and oxygen atoms in total. The number of carbonyl (C=O) groups is 1. The first-order valence-corrected chi connectivity index (χ1v) is 23.3. The first-order chi connectivity index (χ1) is 28.8. The van der Waals surface area contributed by atoms with E-state index in [0.717, 1.165) is 83.5 Å². The molecule has 59 heavy (non-hydrogen) atoms. The molecule has 7 unspecified atom stereocenters. The fraction of sp³-hybridized carbons (Fsp3) is 0.700. The number of carbonyl (C=O) groups excluding carboxylic acids is 1. The third-order valence-electron chi connectivity index (χ3n) is 10.4. The van der Waals surface area contributed by atoms with Crippen LogP contribution >= 0.6 is 0 Å². The Morgan fingerprint density at radius 2 is 1.07 bits per heavy atom. The van der Waals surface area contributed by atoms with Crippen molar-refractivity contribution in [3.05, 3.63) is 85.1 Å². The van der Waals surface area contributed by atoms with Crippen LogP contribution in [0.1, 0.15) is 168 Å². The fourth-order valence-corrected chi connectivity index (χ4v) is 6.71. The lowest BCUT2D eigenvalue weighted by molar-refractivity contribution is -0.302. The van der Waals surface area contributed by atoms with Gasteiger partial charge in [0, 0.05) is 6.42 Å². The molecule has 1 aliphatic rings. The van der Waals surface area contributed by atoms with Gasteiger partial charge < -0.3 is 40.3 Å². The lowest BCUT2D eigenvalue weighted by Gasteiger charge is -2.40. The standard InChI is InChI=1S/C50H85NO8/c1-3-5-7-9-11-13-15-17-19-21-22-24-25-27-29-31-33-35-37-39-44(53)43(42-58-50-49(57)48(56)47(55)45(41-52)59-50)51-46(54)40-38-36-34-32-30-28-26-23-20-18-16-14-12-10-8-6-4-2/h6,8,12,14,18,20,22,24,26,28-29,31,37,39,43-45,47-50,52-53,55-57H,3-5,7,9-11,13,15-17,19,21,23,25,27,30,32-36,38,40-42H2,1-2H3,(H,51,54)/b8-6-,14-12-,20-18-,24-22+,28-26-,31-29+,39-37+. The predicted octanol–water partition coefficient (Wildman–Crippen LogP) is 9.94. The molecule has 1 amide bonds. The fourth-order valence-electron chi connectivity index (χ4n) is 6.71. The summed E-state index contributed by atoms with van der Waals surface area (Å²) in [5, 5.41) is 54.2. The van der Waals surface area contributed by atoms with Gasteiger partial charge in [0.15, 0.2) is 6.29 Å². The Morgan fingerprint density at radius 3 is 1.63 bits per heavy atom. The Morgan fingerprint density at radius 1 is 0.593 bits per heavy atom. The minimum atomic E-state index is -1.58. The van der Waals surface area contributed by atoms with Crippen molar-refractivity contribution in [3.8, 4) is 0 Å². The van der Waals surface area contributed by atoms with Crippen molar-refractivity contribution in [1.29, 1.82) is 0 Å². The van der Waals surface area contributed by atoms with Crippen molar-refractivity contribution in [2.75, 3.05) is 13.2 Å². The number of unbranched alkanes of at least 4 members (excludes halogenated alkanes) is 15. The number of ether oxygens (including phenoxy) is 2. The van der Waals surface area contributed by atoms with E-state index < -0.39 is 49.5 Å². The molecule has 0 bridgehead atoms. The van der Waals surface area contributed by atoms with E-state index in [-0.39, 0.29) is 12.5 Å². The van der Waals surface area contributed by atoms with Crippen LogP contribution in [-0.4, -0.2) is 87.5 Å². The number of nitrogens with one attached hydrogen (secondary N) is 1. The zero-order valence-corrected chi connectivity index (χ0v) is 37.0. The zero-order valence-electron chi connectivity index (χ0n) is 37.0. The minimum Gasteiger partial charge on any atom is -0.394 e. The van der Waals surface area contributed by atoms with Crippen LogP contribution < -0.4 is 5.32 Å². The molecule has 0 spiro atoms. The van der Waals surface area contributed by atoms with Crippen molar-refractivity contribution in [3.63, 3.8) is 0 Å². The summed E-state index contributed by atoms with van der Waals surface area (Å²) in [5.41, 5.74) is 0. The summed E-state index contributed by atoms with van der Waals surface area (Å²) < 4.78 is 11.2. The number of rotatable bonds is 37. The summed E-state index contributed by atoms with van der Waals surface area (Å²) in [5.74, 6) is -0.219. The maximum Gasteiger partial charge on any atom is 0.220 e. The normalized spacial score (nSPS) is 21.5. The second-order valence-electron chi connectivity index (χ2n) is 15.8. The van der Waals surface area contributed by atoms with Crippen molar-refractivity contribution in [2.24, 2.45) is 0 Å². The second kappa shape index (κ2) is 39.5. The largest absolute Gasteiger partial charge is 0.394 e. The van der Waals surface area contributed by atoms with Gasteiger partial charge >= 0.3 is 0 Å². The maximum atomic E-state index is 13.0. The van der Waals surface area contributed by atoms with E-state index in [0.29, 0.717) is 12.8 Å². The highest BCUT2D eigenvalue weighted by Crippen LogP contribution is 2.22. The van der Waals surface area contributed by atoms with Gasteiger partial charge in [-0.05, 0) is 83.5 Å². The molecule has 9 heteroatoms. The van der Waals surface area contributed by atoms with Crippen molar-refractivity contribution < 1.29 is 39.8 Å². The first-order valence-electron chi connectivity index (χ1n) is 23.3. The van der Waals surface area contributed by atoms with Gasteiger partial charge in [-0.15, -0.1) is 0 Å². The van der Waals surface area contributed by atoms with E-state index in [4.69, 9.17) is 9.47 Å². The Bertz CT molecular complexity index is 1190. The van der Waals surface area contributed by atoms with Gasteiger partial charge in [-0.3, -0.25) is 4.79 Å². The summed E-state index contributed by atoms with van der Waals surface area (Å²) >= 11 is 0. The van der Waals surface area contributed by atoms with Gasteiger partial charge in [-0.25, -0.2) is 0 Å². The Hall–Kier alpha value is -2.63. The highest BCUT2D eigenvalue weighted by Gasteiger charge is 2.44. The van der Waals surface area contributed by atoms with E-state index in [9.17, 15) is 30.3 Å². The van der Waals surface area contributed by atoms with Crippen molar-refractivity contribution in [2.45, 2.75) is 211 Å². The Kier molecular flexibility index (Phi) is 36.4. The molecule has 0 aromatic carbocycles. The van der Waals surface area contributed by atoms with Gasteiger partial charge in [0.25, 0.3) is 0 Å². The molecule has 0 aromatic heterocycles. The van der Waals surface area contributed by atoms with Crippen LogP contribution in [-0.2, 0) is 14.3 Å². The molecular formula is C50H85NO8. The van der Waals surface area contributed by atoms with E-state index in [1.807, 2.05) is 6.08 Å². The average Bonchev–Trinajstić information content (AvgIpc) is 3.23. The summed E-state index contributed by atoms with van der Waals surface area (Å²) in [6.45, 7) is 3.60. The molecule has 0 radical (unpaired) electrons. The first kappa shape index (κ1) is 54.4. The smallest absolute Gasteiger partial charge is 0.220 e. The SMILES string of the molecule is CC/C=C\C/C=C\C/C=C\C/C=C\CCCCCCC(=O)NC(COC1OC(CO)C(O)C(O)C1O)C(O)/C=C/CC/C=C/CC/C=C/CCCCCCCCCCC. The van der Waals surface area contributed by atoms with Crippen LogP contribution in [0, 0.1) is 0 Å². The third kappa shape index (κ3) is 30.1. The molecule has 0 saturated carbocycles. The van der Waals surface area contributed by atoms with Gasteiger partial charge in [0.1, 0.15) is 24.4 Å². The van der Waals surface area contributed by atoms with Crippen LogP contribution in [0.4, 0.5) is 0 Å². The van der Waals surface area contributed by atoms with E-state index >= 15 is 0 Å². The van der Waals surface area contributed by atoms with Gasteiger partial charge in [-0.1, -0.05) is 163 Å². The molecule has 1 aliphatic heterocycles. The summed E-state index contributed by atoms with van der Waals surface area (Å²) in [6, 6.07) is -0.845. The average molecular weight is 828 g/mol. The van der Waals surface area contributed by atoms with Crippen LogP contribution in [0.2, 0.25) is 0 Å². The number of amides is 1. The number of hydrogen-bond donors (Lipinski definition) is 6. The molecular weight excluding hydrogens is 743 g/mol. The summed E-state index contributed by atoms with van der Waals surface area (Å²) in [4.78, 5) is 13.0. The molecule has 338 valence electrons. The Balaban J connectivity index is 2.43. The number of allylic oxidation sites excluding steroid dienone is 13. The third-order valence-corrected chi connectivity index (χ3v) is 10.4. The summed E-state index contributed by atoms with van der Waals surface area (Å²) in [7, 11) is 0. The van der Waals surface area contributed by atoms with Crippen LogP contribution in [0.15, 0.2) is 85.1 Å². The lowest BCUT2D eigenvalue weighted by Crippen LogP contribution is -2.60. The molecule has 0 aliphatic carbocycles. The summed E-state index contributed by atoms with van der Waals surface area (Å²) in [6.07, 6.45) is 47.7. The molecule has 1 heterocycles. The minimum absolute atomic E-state index is 0.219. The number of aliphatic hydroxyl groups excluding tert-OH is 5. The van der Waals surface area contributed by atoms with Gasteiger partial charge in [-0.2, -0.15) is 0 Å². The van der Waals surface area contributed by atoms with Crippen LogP contribution in [0.5, 0.6) is 0 Å². The van der Waals surface area contributed by atoms with Crippen LogP contribution in [0.25, 0.3) is 0 Å². The molecule has 1 saturated heterocycles. The quantitative estimate of drug-likeness (QED) is 0.0268. The number of hydrogen-bond acceptors (Lipinski definition) is 8. The monoisotopic (exact) mass is 828 g/mol. The maximum absolute atomic E-state index is 13.0. The van der Waals surface area contributed by atoms with Crippen molar-refractivity contribution in [1.82, 2.24) is 5.32 Å². The Labute approximate surface area is 359 Å². The molecule has 1 rings (SSSR count). The topological polar surface area (TPSA) is 149 Å². The van der Waals surface area contributed by atoms with E-state index in [1.54, 1.807) is 6.08 Å². The van der Waals surface area contributed by atoms with Crippen molar-refractivity contribution >= 4 is 5.91 Å². The molecule has 0 aromatic rings. The van der Waals surface area contributed by atoms with Gasteiger partial charge in [0.2, 0.25) is 5.91 Å². The van der Waals surface area contributed by atoms with E-state index in [2.05, 4.69) is 92.1 Å². The zero-order chi connectivity index (χ0) is 43.0. The number of aliphatic hydroxyl groups is 5. The van der Waals surface area contributed by atoms with Crippen LogP contribution in [0.3, 0.4) is 0 Å². The van der Waals surface area contributed by atoms with Gasteiger partial charge in [0.05, 0.1) is 25.4 Å². The lowest BCUT2D eigenvalue weighted by atomic mass is 9.99. The second-order valence-corrected chi connectivity index (χ2v) is 15.8. The molecule has 1 fully saturated rings. The molecule has 7 atom stereocenters.